The molecule has 2 aromatic carbocycles. The van der Waals surface area contributed by atoms with Crippen molar-refractivity contribution in [2.75, 3.05) is 0 Å². The van der Waals surface area contributed by atoms with Crippen LogP contribution in [0.5, 0.6) is 0 Å². The van der Waals surface area contributed by atoms with Gasteiger partial charge in [0.15, 0.2) is 0 Å². The van der Waals surface area contributed by atoms with Crippen LogP contribution in [0.3, 0.4) is 0 Å². The summed E-state index contributed by atoms with van der Waals surface area (Å²) in [5, 5.41) is 20.1. The van der Waals surface area contributed by atoms with Crippen LogP contribution < -0.4 is 5.32 Å². The minimum absolute atomic E-state index is 0.275. The second kappa shape index (κ2) is 7.36. The van der Waals surface area contributed by atoms with Gasteiger partial charge in [-0.25, -0.2) is 4.79 Å². The normalized spacial score (nSPS) is 11.9. The first-order valence-corrected chi connectivity index (χ1v) is 8.03. The monoisotopic (exact) mass is 357 g/mol. The highest BCUT2D eigenvalue weighted by Crippen LogP contribution is 2.26. The highest BCUT2D eigenvalue weighted by molar-refractivity contribution is 6.30. The van der Waals surface area contributed by atoms with Crippen molar-refractivity contribution >= 4 is 17.7 Å². The fourth-order valence-electron chi connectivity index (χ4n) is 2.57. The van der Waals surface area contributed by atoms with Gasteiger partial charge >= 0.3 is 6.09 Å². The van der Waals surface area contributed by atoms with Crippen molar-refractivity contribution in [1.29, 1.82) is 0 Å². The molecule has 1 aromatic heterocycles. The Bertz CT molecular complexity index is 877. The molecule has 6 nitrogen and oxygen atoms in total. The van der Waals surface area contributed by atoms with Crippen molar-refractivity contribution in [2.24, 2.45) is 0 Å². The zero-order chi connectivity index (χ0) is 17.8. The molecule has 0 saturated carbocycles. The van der Waals surface area contributed by atoms with Gasteiger partial charge in [-0.1, -0.05) is 41.9 Å². The average Bonchev–Trinajstić information content (AvgIpc) is 3.00. The summed E-state index contributed by atoms with van der Waals surface area (Å²) in [7, 11) is 0. The van der Waals surface area contributed by atoms with E-state index in [0.717, 1.165) is 16.7 Å². The molecule has 128 valence electrons. The Morgan fingerprint density at radius 1 is 1.20 bits per heavy atom. The van der Waals surface area contributed by atoms with Gasteiger partial charge in [-0.15, -0.1) is 10.2 Å². The summed E-state index contributed by atoms with van der Waals surface area (Å²) in [6.07, 6.45) is -0.838. The molecule has 1 unspecified atom stereocenters. The zero-order valence-electron chi connectivity index (χ0n) is 13.4. The van der Waals surface area contributed by atoms with E-state index in [1.54, 1.807) is 6.92 Å². The van der Waals surface area contributed by atoms with Gasteiger partial charge in [-0.05, 0) is 34.9 Å². The van der Waals surface area contributed by atoms with E-state index in [0.29, 0.717) is 16.8 Å². The molecule has 7 heteroatoms. The van der Waals surface area contributed by atoms with Crippen LogP contribution in [-0.2, 0) is 6.42 Å². The van der Waals surface area contributed by atoms with Crippen LogP contribution >= 0.6 is 11.6 Å². The lowest BCUT2D eigenvalue weighted by molar-refractivity contribution is 0.189. The third-order valence-electron chi connectivity index (χ3n) is 3.71. The number of nitrogens with zero attached hydrogens (tertiary/aromatic N) is 2. The lowest BCUT2D eigenvalue weighted by atomic mass is 9.98. The van der Waals surface area contributed by atoms with Crippen molar-refractivity contribution in [3.8, 4) is 11.1 Å². The predicted molar refractivity (Wildman–Crippen MR) is 93.5 cm³/mol. The molecule has 3 aromatic rings. The van der Waals surface area contributed by atoms with Crippen molar-refractivity contribution in [2.45, 2.75) is 19.4 Å². The number of hydrogen-bond acceptors (Lipinski definition) is 4. The largest absolute Gasteiger partial charge is 0.465 e. The van der Waals surface area contributed by atoms with Crippen molar-refractivity contribution in [3.63, 3.8) is 0 Å². The minimum atomic E-state index is -1.11. The number of rotatable bonds is 5. The fraction of sp³-hybridized carbons (Fsp3) is 0.167. The van der Waals surface area contributed by atoms with Crippen molar-refractivity contribution < 1.29 is 14.3 Å². The van der Waals surface area contributed by atoms with Gasteiger partial charge in [0.2, 0.25) is 11.8 Å². The van der Waals surface area contributed by atoms with Crippen LogP contribution in [0.2, 0.25) is 5.02 Å². The molecule has 0 bridgehead atoms. The Labute approximate surface area is 149 Å². The van der Waals surface area contributed by atoms with Crippen LogP contribution in [0, 0.1) is 6.92 Å². The number of aromatic nitrogens is 2. The molecule has 3 rings (SSSR count). The van der Waals surface area contributed by atoms with Crippen molar-refractivity contribution in [1.82, 2.24) is 15.5 Å². The first-order valence-electron chi connectivity index (χ1n) is 7.65. The Hall–Kier alpha value is -2.86. The van der Waals surface area contributed by atoms with Gasteiger partial charge in [0, 0.05) is 11.9 Å². The van der Waals surface area contributed by atoms with Crippen molar-refractivity contribution in [3.05, 3.63) is 70.9 Å². The molecule has 25 heavy (non-hydrogen) atoms. The number of benzene rings is 2. The standard InChI is InChI=1S/C18H16ClN3O3/c1-11-21-22-17(25-11)10-16(20-18(23)24)14-4-2-3-13(9-14)12-5-7-15(19)8-6-12/h2-9,16,20H,10H2,1H3,(H,23,24). The maximum absolute atomic E-state index is 11.2. The minimum Gasteiger partial charge on any atom is -0.465 e. The van der Waals surface area contributed by atoms with Crippen LogP contribution in [0.4, 0.5) is 4.79 Å². The highest BCUT2D eigenvalue weighted by atomic mass is 35.5. The first-order chi connectivity index (χ1) is 12.0. The molecular weight excluding hydrogens is 342 g/mol. The molecule has 0 aliphatic heterocycles. The van der Waals surface area contributed by atoms with E-state index in [-0.39, 0.29) is 6.42 Å². The smallest absolute Gasteiger partial charge is 0.405 e. The van der Waals surface area contributed by atoms with E-state index in [2.05, 4.69) is 15.5 Å². The van der Waals surface area contributed by atoms with Gasteiger partial charge in [0.1, 0.15) is 0 Å². The third-order valence-corrected chi connectivity index (χ3v) is 3.96. The van der Waals surface area contributed by atoms with Gasteiger partial charge in [0.05, 0.1) is 12.5 Å². The SMILES string of the molecule is Cc1nnc(CC(NC(=O)O)c2cccc(-c3ccc(Cl)cc3)c2)o1. The van der Waals surface area contributed by atoms with E-state index in [1.807, 2.05) is 48.5 Å². The summed E-state index contributed by atoms with van der Waals surface area (Å²) < 4.78 is 5.38. The first kappa shape index (κ1) is 17.0. The summed E-state index contributed by atoms with van der Waals surface area (Å²) in [6, 6.07) is 14.6. The van der Waals surface area contributed by atoms with Gasteiger partial charge in [-0.3, -0.25) is 0 Å². The van der Waals surface area contributed by atoms with Crippen LogP contribution in [0.1, 0.15) is 23.4 Å². The Morgan fingerprint density at radius 2 is 1.96 bits per heavy atom. The summed E-state index contributed by atoms with van der Waals surface area (Å²) in [4.78, 5) is 11.2. The second-order valence-corrected chi connectivity index (χ2v) is 5.99. The maximum atomic E-state index is 11.2. The summed E-state index contributed by atoms with van der Waals surface area (Å²) >= 11 is 5.93. The molecule has 0 saturated heterocycles. The van der Waals surface area contributed by atoms with Crippen LogP contribution in [0.25, 0.3) is 11.1 Å². The number of hydrogen-bond donors (Lipinski definition) is 2. The van der Waals surface area contributed by atoms with E-state index < -0.39 is 12.1 Å². The van der Waals surface area contributed by atoms with E-state index in [9.17, 15) is 4.79 Å². The topological polar surface area (TPSA) is 88.2 Å². The maximum Gasteiger partial charge on any atom is 0.405 e. The zero-order valence-corrected chi connectivity index (χ0v) is 14.2. The van der Waals surface area contributed by atoms with Gasteiger partial charge in [0.25, 0.3) is 0 Å². The van der Waals surface area contributed by atoms with E-state index in [4.69, 9.17) is 21.1 Å². The molecule has 0 fully saturated rings. The lowest BCUT2D eigenvalue weighted by Gasteiger charge is -2.16. The number of nitrogens with one attached hydrogen (secondary N) is 1. The average molecular weight is 358 g/mol. The second-order valence-electron chi connectivity index (χ2n) is 5.55. The fourth-order valence-corrected chi connectivity index (χ4v) is 2.70. The molecule has 1 heterocycles. The lowest BCUT2D eigenvalue weighted by Crippen LogP contribution is -2.28. The Balaban J connectivity index is 1.91. The van der Waals surface area contributed by atoms with Crippen LogP contribution in [-0.4, -0.2) is 21.4 Å². The van der Waals surface area contributed by atoms with Gasteiger partial charge in [-0.2, -0.15) is 0 Å². The van der Waals surface area contributed by atoms with E-state index in [1.165, 1.54) is 0 Å². The van der Waals surface area contributed by atoms with Crippen LogP contribution in [0.15, 0.2) is 52.9 Å². The number of amides is 1. The molecule has 0 spiro atoms. The molecule has 0 aliphatic carbocycles. The quantitative estimate of drug-likeness (QED) is 0.712. The molecule has 1 atom stereocenters. The number of carbonyl (C=O) groups is 1. The predicted octanol–water partition coefficient (Wildman–Crippen LogP) is 4.25. The Kier molecular flexibility index (Phi) is 5.00. The third kappa shape index (κ3) is 4.36. The summed E-state index contributed by atoms with van der Waals surface area (Å²) in [6.45, 7) is 1.69. The molecule has 1 amide bonds. The number of halogens is 1. The number of aryl methyl sites for hydroxylation is 1. The highest BCUT2D eigenvalue weighted by Gasteiger charge is 2.18. The van der Waals surface area contributed by atoms with E-state index >= 15 is 0 Å². The van der Waals surface area contributed by atoms with Gasteiger partial charge < -0.3 is 14.8 Å². The Morgan fingerprint density at radius 3 is 2.60 bits per heavy atom. The number of carboxylic acid groups (broad SMARTS) is 1. The molecule has 0 aliphatic rings. The molecule has 0 radical (unpaired) electrons. The molecule has 2 N–H and O–H groups in total. The summed E-state index contributed by atoms with van der Waals surface area (Å²) in [5.74, 6) is 0.826. The summed E-state index contributed by atoms with van der Waals surface area (Å²) in [5.41, 5.74) is 2.77. The molecular formula is C18H16ClN3O3.